The highest BCUT2D eigenvalue weighted by Crippen LogP contribution is 2.27. The second-order valence-corrected chi connectivity index (χ2v) is 7.90. The van der Waals surface area contributed by atoms with Gasteiger partial charge in [0, 0.05) is 37.3 Å². The van der Waals surface area contributed by atoms with Crippen molar-refractivity contribution in [3.05, 3.63) is 24.3 Å². The second-order valence-electron chi connectivity index (χ2n) is 7.90. The minimum absolute atomic E-state index is 0.0687. The quantitative estimate of drug-likeness (QED) is 0.396. The number of esters is 1. The van der Waals surface area contributed by atoms with Crippen molar-refractivity contribution in [2.24, 2.45) is 5.92 Å². The molecule has 3 rings (SSSR count). The fourth-order valence-corrected chi connectivity index (χ4v) is 3.82. The van der Waals surface area contributed by atoms with E-state index in [2.05, 4.69) is 22.5 Å². The van der Waals surface area contributed by atoms with Gasteiger partial charge in [0.05, 0.1) is 6.61 Å². The van der Waals surface area contributed by atoms with Crippen molar-refractivity contribution in [3.63, 3.8) is 0 Å². The highest BCUT2D eigenvalue weighted by atomic mass is 16.5. The lowest BCUT2D eigenvalue weighted by Crippen LogP contribution is -2.47. The van der Waals surface area contributed by atoms with Crippen LogP contribution in [0.15, 0.2) is 24.3 Å². The summed E-state index contributed by atoms with van der Waals surface area (Å²) in [6.45, 7) is 4.47. The first-order chi connectivity index (χ1) is 14.0. The van der Waals surface area contributed by atoms with Crippen molar-refractivity contribution in [1.82, 2.24) is 5.32 Å². The monoisotopic (exact) mass is 401 g/mol. The number of hydrogen-bond donors (Lipinski definition) is 2. The van der Waals surface area contributed by atoms with Crippen LogP contribution in [-0.4, -0.2) is 43.5 Å². The third-order valence-corrected chi connectivity index (χ3v) is 5.64. The Balaban J connectivity index is 1.43. The third kappa shape index (κ3) is 6.21. The average molecular weight is 402 g/mol. The van der Waals surface area contributed by atoms with E-state index in [4.69, 9.17) is 4.74 Å². The summed E-state index contributed by atoms with van der Waals surface area (Å²) >= 11 is 0. The number of rotatable bonds is 8. The minimum Gasteiger partial charge on any atom is -0.466 e. The minimum atomic E-state index is -0.369. The lowest BCUT2D eigenvalue weighted by atomic mass is 9.93. The summed E-state index contributed by atoms with van der Waals surface area (Å²) < 4.78 is 5.28. The molecule has 29 heavy (non-hydrogen) atoms. The van der Waals surface area contributed by atoms with Crippen molar-refractivity contribution in [2.45, 2.75) is 57.9 Å². The molecule has 2 aliphatic rings. The second kappa shape index (κ2) is 10.3. The van der Waals surface area contributed by atoms with Crippen LogP contribution in [0.3, 0.4) is 0 Å². The molecule has 0 spiro atoms. The Morgan fingerprint density at radius 2 is 1.90 bits per heavy atom. The molecule has 1 atom stereocenters. The summed E-state index contributed by atoms with van der Waals surface area (Å²) in [5.41, 5.74) is 2.01. The van der Waals surface area contributed by atoms with Crippen LogP contribution < -0.4 is 15.5 Å². The van der Waals surface area contributed by atoms with Crippen molar-refractivity contribution in [2.75, 3.05) is 29.9 Å². The summed E-state index contributed by atoms with van der Waals surface area (Å²) in [4.78, 5) is 37.3. The number of nitrogens with one attached hydrogen (secondary N) is 2. The van der Waals surface area contributed by atoms with Crippen molar-refractivity contribution in [1.29, 1.82) is 0 Å². The molecule has 0 bridgehead atoms. The maximum Gasteiger partial charge on any atom is 0.306 e. The molecule has 0 radical (unpaired) electrons. The Morgan fingerprint density at radius 1 is 1.17 bits per heavy atom. The molecule has 7 nitrogen and oxygen atoms in total. The Hall–Kier alpha value is -2.57. The van der Waals surface area contributed by atoms with Gasteiger partial charge in [-0.05, 0) is 55.9 Å². The van der Waals surface area contributed by atoms with Gasteiger partial charge in [0.1, 0.15) is 6.04 Å². The molecule has 2 N–H and O–H groups in total. The van der Waals surface area contributed by atoms with Crippen LogP contribution in [0, 0.1) is 5.92 Å². The van der Waals surface area contributed by atoms with Gasteiger partial charge >= 0.3 is 5.97 Å². The Morgan fingerprint density at radius 3 is 2.55 bits per heavy atom. The smallest absolute Gasteiger partial charge is 0.306 e. The number of benzene rings is 1. The number of piperidine rings is 2. The topological polar surface area (TPSA) is 87.7 Å². The first-order valence-corrected chi connectivity index (χ1v) is 10.7. The maximum atomic E-state index is 11.9. The van der Waals surface area contributed by atoms with E-state index in [9.17, 15) is 14.4 Å². The van der Waals surface area contributed by atoms with Gasteiger partial charge < -0.3 is 15.0 Å². The zero-order valence-corrected chi connectivity index (χ0v) is 17.1. The summed E-state index contributed by atoms with van der Waals surface area (Å²) in [6.07, 6.45) is 5.33. The number of nitrogens with zero attached hydrogens (tertiary/aromatic N) is 1. The Kier molecular flexibility index (Phi) is 7.49. The maximum absolute atomic E-state index is 11.9. The zero-order valence-electron chi connectivity index (χ0n) is 17.1. The van der Waals surface area contributed by atoms with E-state index in [1.807, 2.05) is 24.3 Å². The van der Waals surface area contributed by atoms with E-state index in [0.717, 1.165) is 50.1 Å². The number of ether oxygens (including phenoxy) is 1. The number of imide groups is 1. The van der Waals surface area contributed by atoms with E-state index in [-0.39, 0.29) is 23.8 Å². The molecule has 1 aromatic rings. The van der Waals surface area contributed by atoms with Crippen molar-refractivity contribution < 1.29 is 19.1 Å². The van der Waals surface area contributed by atoms with E-state index < -0.39 is 0 Å². The fourth-order valence-electron chi connectivity index (χ4n) is 3.82. The molecular weight excluding hydrogens is 370 g/mol. The van der Waals surface area contributed by atoms with Crippen LogP contribution >= 0.6 is 0 Å². The molecule has 2 heterocycles. The van der Waals surface area contributed by atoms with Gasteiger partial charge in [-0.1, -0.05) is 13.3 Å². The first-order valence-electron chi connectivity index (χ1n) is 10.7. The lowest BCUT2D eigenvalue weighted by Gasteiger charge is -2.33. The molecule has 1 unspecified atom stereocenters. The summed E-state index contributed by atoms with van der Waals surface area (Å²) in [5.74, 6) is -0.142. The van der Waals surface area contributed by atoms with Gasteiger partial charge in [0.2, 0.25) is 11.8 Å². The van der Waals surface area contributed by atoms with Gasteiger partial charge in [-0.25, -0.2) is 0 Å². The number of hydrogen-bond acceptors (Lipinski definition) is 6. The average Bonchev–Trinajstić information content (AvgIpc) is 2.71. The molecule has 2 saturated heterocycles. The van der Waals surface area contributed by atoms with E-state index in [1.54, 1.807) is 0 Å². The molecule has 0 aromatic heterocycles. The van der Waals surface area contributed by atoms with Gasteiger partial charge in [-0.15, -0.1) is 0 Å². The summed E-state index contributed by atoms with van der Waals surface area (Å²) in [5, 5.41) is 5.56. The van der Waals surface area contributed by atoms with Crippen LogP contribution in [0.4, 0.5) is 11.4 Å². The standard InChI is InChI=1S/C22H31N3O4/c1-2-3-14-29-21(27)15-16-10-12-25(13-11-16)18-6-4-17(5-7-18)23-19-8-9-20(26)24-22(19)28/h4-7,16,19,23H,2-3,8-15H2,1H3,(H,24,26,28). The van der Waals surface area contributed by atoms with Gasteiger partial charge in [0.15, 0.2) is 0 Å². The number of amides is 2. The third-order valence-electron chi connectivity index (χ3n) is 5.64. The number of anilines is 2. The summed E-state index contributed by atoms with van der Waals surface area (Å²) in [6, 6.07) is 7.67. The SMILES string of the molecule is CCCCOC(=O)CC1CCN(c2ccc(NC3CCC(=O)NC3=O)cc2)CC1. The largest absolute Gasteiger partial charge is 0.466 e. The van der Waals surface area contributed by atoms with Crippen molar-refractivity contribution >= 4 is 29.2 Å². The van der Waals surface area contributed by atoms with Crippen LogP contribution in [0.2, 0.25) is 0 Å². The van der Waals surface area contributed by atoms with Crippen LogP contribution in [-0.2, 0) is 19.1 Å². The molecule has 2 amide bonds. The van der Waals surface area contributed by atoms with Crippen molar-refractivity contribution in [3.8, 4) is 0 Å². The molecule has 0 saturated carbocycles. The van der Waals surface area contributed by atoms with E-state index >= 15 is 0 Å². The van der Waals surface area contributed by atoms with E-state index in [1.165, 1.54) is 0 Å². The fraction of sp³-hybridized carbons (Fsp3) is 0.591. The molecule has 2 fully saturated rings. The molecular formula is C22H31N3O4. The van der Waals surface area contributed by atoms with Gasteiger partial charge in [0.25, 0.3) is 0 Å². The zero-order chi connectivity index (χ0) is 20.6. The number of carbonyl (C=O) groups is 3. The number of unbranched alkanes of at least 4 members (excludes halogenated alkanes) is 1. The molecule has 1 aromatic carbocycles. The highest BCUT2D eigenvalue weighted by molar-refractivity contribution is 6.01. The Bertz CT molecular complexity index is 711. The van der Waals surface area contributed by atoms with Crippen LogP contribution in [0.5, 0.6) is 0 Å². The first kappa shape index (κ1) is 21.1. The Labute approximate surface area is 172 Å². The normalized spacial score (nSPS) is 20.3. The summed E-state index contributed by atoms with van der Waals surface area (Å²) in [7, 11) is 0. The predicted molar refractivity (Wildman–Crippen MR) is 112 cm³/mol. The highest BCUT2D eigenvalue weighted by Gasteiger charge is 2.26. The molecule has 158 valence electrons. The molecule has 2 aliphatic heterocycles. The predicted octanol–water partition coefficient (Wildman–Crippen LogP) is 2.85. The van der Waals surface area contributed by atoms with Gasteiger partial charge in [-0.2, -0.15) is 0 Å². The van der Waals surface area contributed by atoms with Crippen LogP contribution in [0.25, 0.3) is 0 Å². The molecule has 0 aliphatic carbocycles. The van der Waals surface area contributed by atoms with E-state index in [0.29, 0.717) is 31.8 Å². The van der Waals surface area contributed by atoms with Gasteiger partial charge in [-0.3, -0.25) is 19.7 Å². The molecule has 7 heteroatoms. The lowest BCUT2D eigenvalue weighted by molar-refractivity contribution is -0.145. The van der Waals surface area contributed by atoms with Crippen LogP contribution in [0.1, 0.15) is 51.9 Å². The number of carbonyl (C=O) groups excluding carboxylic acids is 3.